The molecule has 0 spiro atoms. The summed E-state index contributed by atoms with van der Waals surface area (Å²) < 4.78 is 0.897. The Morgan fingerprint density at radius 3 is 2.48 bits per heavy atom. The van der Waals surface area contributed by atoms with Crippen LogP contribution in [-0.4, -0.2) is 10.9 Å². The van der Waals surface area contributed by atoms with Crippen LogP contribution in [-0.2, 0) is 0 Å². The second-order valence-corrected chi connectivity index (χ2v) is 6.67. The molecule has 0 radical (unpaired) electrons. The van der Waals surface area contributed by atoms with Crippen LogP contribution >= 0.6 is 27.3 Å². The average molecular weight is 388 g/mol. The Balaban J connectivity index is 2.48. The van der Waals surface area contributed by atoms with Gasteiger partial charge in [0.25, 0.3) is 5.91 Å². The number of halogens is 1. The molecule has 3 rings (SSSR count). The van der Waals surface area contributed by atoms with E-state index in [0.717, 1.165) is 21.4 Å². The van der Waals surface area contributed by atoms with Crippen molar-refractivity contribution in [2.24, 2.45) is 5.73 Å². The van der Waals surface area contributed by atoms with Gasteiger partial charge in [0.15, 0.2) is 0 Å². The highest BCUT2D eigenvalue weighted by molar-refractivity contribution is 9.10. The number of fused-ring (bicyclic) bond motifs is 1. The van der Waals surface area contributed by atoms with Crippen molar-refractivity contribution in [1.29, 1.82) is 5.26 Å². The lowest BCUT2D eigenvalue weighted by atomic mass is 9.97. The molecule has 0 saturated carbocycles. The number of carbonyl (C=O) groups is 1. The summed E-state index contributed by atoms with van der Waals surface area (Å²) >= 11 is 4.44. The van der Waals surface area contributed by atoms with E-state index in [2.05, 4.69) is 27.0 Å². The highest BCUT2D eigenvalue weighted by atomic mass is 79.9. The summed E-state index contributed by atoms with van der Waals surface area (Å²) in [5, 5.41) is 10.00. The molecule has 0 atom stereocenters. The number of anilines is 2. The first kappa shape index (κ1) is 15.3. The van der Waals surface area contributed by atoms with Gasteiger partial charge in [-0.25, -0.2) is 4.98 Å². The molecular weight excluding hydrogens is 378 g/mol. The molecule has 0 bridgehead atoms. The number of nitrogen functional groups attached to an aromatic ring is 2. The van der Waals surface area contributed by atoms with Crippen molar-refractivity contribution in [3.63, 3.8) is 0 Å². The molecule has 2 heterocycles. The molecule has 0 aliphatic rings. The van der Waals surface area contributed by atoms with Crippen LogP contribution < -0.4 is 17.2 Å². The Labute approximate surface area is 143 Å². The number of nitrogens with zero attached hydrogens (tertiary/aromatic N) is 2. The topological polar surface area (TPSA) is 132 Å². The van der Waals surface area contributed by atoms with Gasteiger partial charge in [0.05, 0.1) is 5.69 Å². The van der Waals surface area contributed by atoms with Crippen molar-refractivity contribution < 1.29 is 4.79 Å². The van der Waals surface area contributed by atoms with Crippen molar-refractivity contribution >= 4 is 54.9 Å². The molecule has 2 aromatic heterocycles. The maximum absolute atomic E-state index is 11.5. The number of benzene rings is 1. The van der Waals surface area contributed by atoms with Crippen molar-refractivity contribution in [3.05, 3.63) is 39.2 Å². The number of nitrogens with two attached hydrogens (primary N) is 3. The molecule has 0 fully saturated rings. The Hall–Kier alpha value is -2.63. The first-order valence-electron chi connectivity index (χ1n) is 6.41. The molecule has 1 amide bonds. The smallest absolute Gasteiger partial charge is 0.260 e. The Morgan fingerprint density at radius 1 is 1.26 bits per heavy atom. The molecule has 0 aliphatic carbocycles. The van der Waals surface area contributed by atoms with E-state index in [1.165, 1.54) is 0 Å². The summed E-state index contributed by atoms with van der Waals surface area (Å²) in [6.45, 7) is 0. The molecule has 8 heteroatoms. The van der Waals surface area contributed by atoms with Crippen LogP contribution in [0.3, 0.4) is 0 Å². The molecule has 1 aromatic carbocycles. The normalized spacial score (nSPS) is 10.6. The summed E-state index contributed by atoms with van der Waals surface area (Å²) in [6.07, 6.45) is 0. The predicted octanol–water partition coefficient (Wildman–Crippen LogP) is 2.86. The number of thiophene rings is 1. The molecule has 6 N–H and O–H groups in total. The molecule has 6 nitrogen and oxygen atoms in total. The Kier molecular flexibility index (Phi) is 3.67. The summed E-state index contributed by atoms with van der Waals surface area (Å²) in [5.41, 5.74) is 19.1. The van der Waals surface area contributed by atoms with Crippen LogP contribution in [0, 0.1) is 11.3 Å². The third-order valence-electron chi connectivity index (χ3n) is 3.37. The number of primary amides is 1. The van der Waals surface area contributed by atoms with E-state index >= 15 is 0 Å². The summed E-state index contributed by atoms with van der Waals surface area (Å²) in [6, 6.07) is 9.42. The quantitative estimate of drug-likeness (QED) is 0.621. The minimum atomic E-state index is -0.635. The average Bonchev–Trinajstić information content (AvgIpc) is 2.83. The fourth-order valence-electron chi connectivity index (χ4n) is 2.37. The number of rotatable bonds is 2. The van der Waals surface area contributed by atoms with Crippen molar-refractivity contribution in [1.82, 2.24) is 4.98 Å². The SMILES string of the molecule is N#Cc1c(N)nc2sc(C(N)=O)c(N)c2c1-c1ccc(Br)cc1. The van der Waals surface area contributed by atoms with E-state index in [1.54, 1.807) is 0 Å². The molecule has 0 aliphatic heterocycles. The standard InChI is InChI=1S/C15H10BrN5OS/c16-7-3-1-6(2-4-7)9-8(5-17)13(19)21-15-10(9)11(18)12(23-15)14(20)22/h1-4H,18H2,(H2,19,21)(H2,20,22). The lowest BCUT2D eigenvalue weighted by Crippen LogP contribution is -2.10. The third kappa shape index (κ3) is 2.40. The summed E-state index contributed by atoms with van der Waals surface area (Å²) in [5.74, 6) is -0.542. The second-order valence-electron chi connectivity index (χ2n) is 4.76. The third-order valence-corrected chi connectivity index (χ3v) is 5.02. The van der Waals surface area contributed by atoms with Crippen molar-refractivity contribution in [2.45, 2.75) is 0 Å². The second kappa shape index (κ2) is 5.53. The highest BCUT2D eigenvalue weighted by Crippen LogP contribution is 2.42. The van der Waals surface area contributed by atoms with E-state index in [9.17, 15) is 10.1 Å². The maximum atomic E-state index is 11.5. The van der Waals surface area contributed by atoms with Gasteiger partial charge in [0.2, 0.25) is 0 Å². The molecule has 0 saturated heterocycles. The molecule has 23 heavy (non-hydrogen) atoms. The van der Waals surface area contributed by atoms with E-state index in [-0.39, 0.29) is 21.9 Å². The Bertz CT molecular complexity index is 988. The van der Waals surface area contributed by atoms with E-state index < -0.39 is 5.91 Å². The summed E-state index contributed by atoms with van der Waals surface area (Å²) in [4.78, 5) is 16.4. The van der Waals surface area contributed by atoms with Crippen LogP contribution in [0.25, 0.3) is 21.3 Å². The van der Waals surface area contributed by atoms with Gasteiger partial charge in [-0.05, 0) is 17.7 Å². The van der Waals surface area contributed by atoms with Gasteiger partial charge < -0.3 is 17.2 Å². The van der Waals surface area contributed by atoms with Gasteiger partial charge >= 0.3 is 0 Å². The van der Waals surface area contributed by atoms with Crippen LogP contribution in [0.2, 0.25) is 0 Å². The number of aromatic nitrogens is 1. The van der Waals surface area contributed by atoms with E-state index in [0.29, 0.717) is 15.8 Å². The van der Waals surface area contributed by atoms with Crippen LogP contribution in [0.15, 0.2) is 28.7 Å². The van der Waals surface area contributed by atoms with Crippen LogP contribution in [0.1, 0.15) is 15.2 Å². The zero-order chi connectivity index (χ0) is 16.7. The highest BCUT2D eigenvalue weighted by Gasteiger charge is 2.23. The fraction of sp³-hybridized carbons (Fsp3) is 0. The van der Waals surface area contributed by atoms with Gasteiger partial charge in [-0.15, -0.1) is 11.3 Å². The predicted molar refractivity (Wildman–Crippen MR) is 94.8 cm³/mol. The van der Waals surface area contributed by atoms with Crippen LogP contribution in [0.4, 0.5) is 11.5 Å². The van der Waals surface area contributed by atoms with Gasteiger partial charge in [0.1, 0.15) is 27.2 Å². The number of nitriles is 1. The van der Waals surface area contributed by atoms with Gasteiger partial charge in [-0.3, -0.25) is 4.79 Å². The number of carbonyl (C=O) groups excluding carboxylic acids is 1. The number of amides is 1. The fourth-order valence-corrected chi connectivity index (χ4v) is 3.60. The van der Waals surface area contributed by atoms with Crippen molar-refractivity contribution in [3.8, 4) is 17.2 Å². The van der Waals surface area contributed by atoms with Gasteiger partial charge in [-0.1, -0.05) is 28.1 Å². The zero-order valence-electron chi connectivity index (χ0n) is 11.6. The van der Waals surface area contributed by atoms with Gasteiger partial charge in [-0.2, -0.15) is 5.26 Å². The van der Waals surface area contributed by atoms with E-state index in [1.807, 2.05) is 24.3 Å². The zero-order valence-corrected chi connectivity index (χ0v) is 14.0. The molecule has 3 aromatic rings. The van der Waals surface area contributed by atoms with E-state index in [4.69, 9.17) is 17.2 Å². The number of hydrogen-bond acceptors (Lipinski definition) is 6. The lowest BCUT2D eigenvalue weighted by molar-refractivity contribution is 0.100. The monoisotopic (exact) mass is 387 g/mol. The first-order chi connectivity index (χ1) is 10.9. The van der Waals surface area contributed by atoms with Gasteiger partial charge in [0, 0.05) is 15.4 Å². The molecule has 0 unspecified atom stereocenters. The minimum Gasteiger partial charge on any atom is -0.397 e. The summed E-state index contributed by atoms with van der Waals surface area (Å²) in [7, 11) is 0. The Morgan fingerprint density at radius 2 is 1.91 bits per heavy atom. The number of pyridine rings is 1. The number of hydrogen-bond donors (Lipinski definition) is 3. The van der Waals surface area contributed by atoms with Crippen molar-refractivity contribution in [2.75, 3.05) is 11.5 Å². The largest absolute Gasteiger partial charge is 0.397 e. The maximum Gasteiger partial charge on any atom is 0.260 e. The first-order valence-corrected chi connectivity index (χ1v) is 8.02. The lowest BCUT2D eigenvalue weighted by Gasteiger charge is -2.09. The molecule has 114 valence electrons. The molecular formula is C15H10BrN5OS. The van der Waals surface area contributed by atoms with Crippen LogP contribution in [0.5, 0.6) is 0 Å². The minimum absolute atomic E-state index is 0.0928.